The molecule has 0 aliphatic rings. The molecule has 128 valence electrons. The van der Waals surface area contributed by atoms with Crippen LogP contribution in [-0.2, 0) is 12.2 Å². The van der Waals surface area contributed by atoms with Crippen molar-refractivity contribution < 1.29 is 4.52 Å². The molecule has 0 fully saturated rings. The van der Waals surface area contributed by atoms with E-state index in [1.807, 2.05) is 23.6 Å². The number of nitrogens with zero attached hydrogens (tertiary/aromatic N) is 3. The van der Waals surface area contributed by atoms with Crippen LogP contribution in [0.3, 0.4) is 0 Å². The highest BCUT2D eigenvalue weighted by Gasteiger charge is 2.10. The molecule has 4 aromatic rings. The predicted molar refractivity (Wildman–Crippen MR) is 106 cm³/mol. The highest BCUT2D eigenvalue weighted by Crippen LogP contribution is 2.30. The van der Waals surface area contributed by atoms with Crippen LogP contribution >= 0.6 is 45.8 Å². The summed E-state index contributed by atoms with van der Waals surface area (Å²) in [5, 5.41) is 20.9. The van der Waals surface area contributed by atoms with Crippen molar-refractivity contribution in [3.05, 3.63) is 51.7 Å². The fourth-order valence-electron chi connectivity index (χ4n) is 2.14. The van der Waals surface area contributed by atoms with Gasteiger partial charge in [0.15, 0.2) is 10.1 Å². The number of nitrogens with one attached hydrogen (secondary N) is 1. The van der Waals surface area contributed by atoms with Gasteiger partial charge in [0, 0.05) is 23.2 Å². The first kappa shape index (κ1) is 16.8. The third kappa shape index (κ3) is 4.49. The Morgan fingerprint density at radius 3 is 2.88 bits per heavy atom. The van der Waals surface area contributed by atoms with Gasteiger partial charge in [-0.15, -0.1) is 32.9 Å². The van der Waals surface area contributed by atoms with E-state index >= 15 is 0 Å². The van der Waals surface area contributed by atoms with Gasteiger partial charge in [-0.3, -0.25) is 0 Å². The van der Waals surface area contributed by atoms with Crippen molar-refractivity contribution in [1.82, 2.24) is 15.4 Å². The molecule has 9 heteroatoms. The molecule has 0 aliphatic carbocycles. The van der Waals surface area contributed by atoms with E-state index < -0.39 is 0 Å². The second-order valence-electron chi connectivity index (χ2n) is 5.08. The van der Waals surface area contributed by atoms with E-state index in [0.29, 0.717) is 0 Å². The van der Waals surface area contributed by atoms with Gasteiger partial charge >= 0.3 is 0 Å². The second kappa shape index (κ2) is 8.13. The molecule has 25 heavy (non-hydrogen) atoms. The molecule has 0 bridgehead atoms. The van der Waals surface area contributed by atoms with E-state index in [1.54, 1.807) is 45.8 Å². The predicted octanol–water partition coefficient (Wildman–Crippen LogP) is 5.26. The first-order chi connectivity index (χ1) is 12.4. The fourth-order valence-corrected chi connectivity index (χ4v) is 5.18. The smallest absolute Gasteiger partial charge is 0.206 e. The fraction of sp³-hybridized carbons (Fsp3) is 0.188. The normalized spacial score (nSPS) is 11.0. The highest BCUT2D eigenvalue weighted by molar-refractivity contribution is 8.00. The zero-order chi connectivity index (χ0) is 16.9. The van der Waals surface area contributed by atoms with Gasteiger partial charge in [0.05, 0.1) is 10.6 Å². The third-order valence-corrected chi connectivity index (χ3v) is 7.17. The Balaban J connectivity index is 1.26. The van der Waals surface area contributed by atoms with Crippen LogP contribution in [0.4, 0.5) is 5.13 Å². The standard InChI is InChI=1S/C16H14N4OS4/c1-3-12(22-7-1)5-6-17-15-18-19-16(25-15)24-10-11-9-13(21-20-11)14-4-2-8-23-14/h1-4,7-9H,5-6,10H2,(H,17,18). The molecule has 0 amide bonds. The summed E-state index contributed by atoms with van der Waals surface area (Å²) in [6.45, 7) is 0.868. The molecule has 0 unspecified atom stereocenters. The number of aromatic nitrogens is 3. The van der Waals surface area contributed by atoms with E-state index in [0.717, 1.165) is 44.5 Å². The van der Waals surface area contributed by atoms with Crippen molar-refractivity contribution in [3.8, 4) is 10.6 Å². The Labute approximate surface area is 161 Å². The molecule has 0 aliphatic heterocycles. The summed E-state index contributed by atoms with van der Waals surface area (Å²) in [6, 6.07) is 10.2. The molecule has 0 radical (unpaired) electrons. The van der Waals surface area contributed by atoms with Crippen LogP contribution in [0, 0.1) is 0 Å². The molecule has 0 atom stereocenters. The first-order valence-electron chi connectivity index (χ1n) is 7.59. The topological polar surface area (TPSA) is 63.8 Å². The number of thiophene rings is 2. The molecule has 4 aromatic heterocycles. The lowest BCUT2D eigenvalue weighted by atomic mass is 10.3. The summed E-state index contributed by atoms with van der Waals surface area (Å²) in [7, 11) is 0. The molecular formula is C16H14N4OS4. The Bertz CT molecular complexity index is 899. The van der Waals surface area contributed by atoms with Crippen LogP contribution in [0.2, 0.25) is 0 Å². The molecule has 0 aromatic carbocycles. The average molecular weight is 407 g/mol. The van der Waals surface area contributed by atoms with E-state index in [4.69, 9.17) is 4.52 Å². The maximum Gasteiger partial charge on any atom is 0.206 e. The summed E-state index contributed by atoms with van der Waals surface area (Å²) in [5.41, 5.74) is 0.913. The molecule has 0 saturated heterocycles. The van der Waals surface area contributed by atoms with E-state index in [-0.39, 0.29) is 0 Å². The van der Waals surface area contributed by atoms with E-state index in [1.165, 1.54) is 4.88 Å². The lowest BCUT2D eigenvalue weighted by molar-refractivity contribution is 0.427. The number of hydrogen-bond donors (Lipinski definition) is 1. The first-order valence-corrected chi connectivity index (χ1v) is 11.1. The Hall–Kier alpha value is -1.68. The van der Waals surface area contributed by atoms with Crippen molar-refractivity contribution >= 4 is 50.9 Å². The van der Waals surface area contributed by atoms with Crippen LogP contribution in [-0.4, -0.2) is 21.9 Å². The second-order valence-corrected chi connectivity index (χ2v) is 9.26. The number of rotatable bonds is 8. The Morgan fingerprint density at radius 1 is 1.12 bits per heavy atom. The molecule has 4 rings (SSSR count). The van der Waals surface area contributed by atoms with E-state index in [2.05, 4.69) is 38.2 Å². The summed E-state index contributed by atoms with van der Waals surface area (Å²) in [6.07, 6.45) is 1.00. The van der Waals surface area contributed by atoms with Crippen molar-refractivity contribution in [1.29, 1.82) is 0 Å². The van der Waals surface area contributed by atoms with Crippen LogP contribution in [0.1, 0.15) is 10.6 Å². The van der Waals surface area contributed by atoms with Gasteiger partial charge in [-0.2, -0.15) is 0 Å². The van der Waals surface area contributed by atoms with Gasteiger partial charge in [0.1, 0.15) is 0 Å². The molecule has 0 spiro atoms. The summed E-state index contributed by atoms with van der Waals surface area (Å²) in [4.78, 5) is 2.47. The van der Waals surface area contributed by atoms with Crippen molar-refractivity contribution in [2.45, 2.75) is 16.5 Å². The molecular weight excluding hydrogens is 392 g/mol. The number of hydrogen-bond acceptors (Lipinski definition) is 9. The van der Waals surface area contributed by atoms with Crippen molar-refractivity contribution in [2.75, 3.05) is 11.9 Å². The minimum atomic E-state index is 0.721. The quantitative estimate of drug-likeness (QED) is 0.403. The summed E-state index contributed by atoms with van der Waals surface area (Å²) >= 11 is 6.62. The van der Waals surface area contributed by atoms with Crippen molar-refractivity contribution in [2.24, 2.45) is 0 Å². The van der Waals surface area contributed by atoms with Crippen LogP contribution < -0.4 is 5.32 Å². The molecule has 0 saturated carbocycles. The monoisotopic (exact) mass is 406 g/mol. The summed E-state index contributed by atoms with van der Waals surface area (Å²) < 4.78 is 6.32. The van der Waals surface area contributed by atoms with Gasteiger partial charge in [-0.05, 0) is 29.3 Å². The zero-order valence-corrected chi connectivity index (χ0v) is 16.3. The third-order valence-electron chi connectivity index (χ3n) is 3.30. The number of anilines is 1. The SMILES string of the molecule is c1csc(CCNc2nnc(SCc3cc(-c4cccs4)on3)s2)c1. The van der Waals surface area contributed by atoms with Gasteiger partial charge in [0.2, 0.25) is 5.13 Å². The molecule has 5 nitrogen and oxygen atoms in total. The lowest BCUT2D eigenvalue weighted by Gasteiger charge is -1.98. The molecule has 1 N–H and O–H groups in total. The maximum atomic E-state index is 5.39. The van der Waals surface area contributed by atoms with Crippen LogP contribution in [0.25, 0.3) is 10.6 Å². The maximum absolute atomic E-state index is 5.39. The Morgan fingerprint density at radius 2 is 2.04 bits per heavy atom. The largest absolute Gasteiger partial charge is 0.360 e. The van der Waals surface area contributed by atoms with Gasteiger partial charge in [0.25, 0.3) is 0 Å². The van der Waals surface area contributed by atoms with Gasteiger partial charge < -0.3 is 9.84 Å². The minimum Gasteiger partial charge on any atom is -0.360 e. The lowest BCUT2D eigenvalue weighted by Crippen LogP contribution is -2.03. The van der Waals surface area contributed by atoms with Crippen LogP contribution in [0.5, 0.6) is 0 Å². The van der Waals surface area contributed by atoms with E-state index in [9.17, 15) is 0 Å². The zero-order valence-electron chi connectivity index (χ0n) is 13.0. The highest BCUT2D eigenvalue weighted by atomic mass is 32.2. The molecule has 4 heterocycles. The van der Waals surface area contributed by atoms with Crippen molar-refractivity contribution in [3.63, 3.8) is 0 Å². The van der Waals surface area contributed by atoms with Gasteiger partial charge in [-0.1, -0.05) is 40.4 Å². The minimum absolute atomic E-state index is 0.721. The number of thioether (sulfide) groups is 1. The average Bonchev–Trinajstić information content (AvgIpc) is 3.39. The summed E-state index contributed by atoms with van der Waals surface area (Å²) in [5.74, 6) is 1.54. The van der Waals surface area contributed by atoms with Crippen LogP contribution in [0.15, 0.2) is 50.0 Å². The Kier molecular flexibility index (Phi) is 5.46. The van der Waals surface area contributed by atoms with Gasteiger partial charge in [-0.25, -0.2) is 0 Å².